The Morgan fingerprint density at radius 2 is 0.900 bits per heavy atom. The number of hydrogen-bond donors (Lipinski definition) is 0. The SMILES string of the molecule is COc1ccc(C=C2N=C(c3ccc(Br)cc3)N(CCCCCCN3C(=O)C(=Cc4ccc(OC)cc4)N=C3c3ccc(Br)cc3)C2=O)cc1. The second-order valence-electron chi connectivity index (χ2n) is 11.8. The molecule has 4 aromatic rings. The van der Waals surface area contributed by atoms with Crippen molar-refractivity contribution in [1.29, 1.82) is 0 Å². The lowest BCUT2D eigenvalue weighted by atomic mass is 10.1. The number of aliphatic imine (C=N–C) groups is 2. The number of hydrogen-bond acceptors (Lipinski definition) is 6. The molecule has 0 saturated heterocycles. The van der Waals surface area contributed by atoms with E-state index in [4.69, 9.17) is 19.5 Å². The Balaban J connectivity index is 1.10. The topological polar surface area (TPSA) is 83.8 Å². The average Bonchev–Trinajstić information content (AvgIpc) is 3.61. The number of benzene rings is 4. The van der Waals surface area contributed by atoms with Crippen LogP contribution in [0.1, 0.15) is 47.9 Å². The van der Waals surface area contributed by atoms with Gasteiger partial charge in [-0.25, -0.2) is 9.98 Å². The van der Waals surface area contributed by atoms with Gasteiger partial charge in [0, 0.05) is 33.2 Å². The summed E-state index contributed by atoms with van der Waals surface area (Å²) in [5, 5.41) is 0. The second kappa shape index (κ2) is 16.3. The third-order valence-corrected chi connectivity index (χ3v) is 9.51. The van der Waals surface area contributed by atoms with Crippen molar-refractivity contribution in [3.8, 4) is 11.5 Å². The van der Waals surface area contributed by atoms with Crippen molar-refractivity contribution in [3.05, 3.63) is 140 Å². The number of ether oxygens (including phenoxy) is 2. The third-order valence-electron chi connectivity index (χ3n) is 8.45. The summed E-state index contributed by atoms with van der Waals surface area (Å²) in [5.74, 6) is 2.57. The summed E-state index contributed by atoms with van der Waals surface area (Å²) in [6.07, 6.45) is 6.99. The first kappa shape index (κ1) is 35.0. The fourth-order valence-corrected chi connectivity index (χ4v) is 6.29. The van der Waals surface area contributed by atoms with E-state index in [1.54, 1.807) is 24.0 Å². The van der Waals surface area contributed by atoms with Gasteiger partial charge in [-0.2, -0.15) is 0 Å². The van der Waals surface area contributed by atoms with Gasteiger partial charge in [-0.05, 0) is 84.7 Å². The first-order valence-electron chi connectivity index (χ1n) is 16.4. The summed E-state index contributed by atoms with van der Waals surface area (Å²) < 4.78 is 12.5. The van der Waals surface area contributed by atoms with Crippen molar-refractivity contribution in [2.45, 2.75) is 25.7 Å². The molecular weight excluding hydrogens is 760 g/mol. The van der Waals surface area contributed by atoms with E-state index < -0.39 is 0 Å². The highest BCUT2D eigenvalue weighted by molar-refractivity contribution is 9.10. The van der Waals surface area contributed by atoms with Crippen LogP contribution in [0.25, 0.3) is 12.2 Å². The van der Waals surface area contributed by atoms with E-state index in [9.17, 15) is 9.59 Å². The highest BCUT2D eigenvalue weighted by Gasteiger charge is 2.32. The largest absolute Gasteiger partial charge is 0.497 e. The van der Waals surface area contributed by atoms with Crippen molar-refractivity contribution in [1.82, 2.24) is 9.80 Å². The van der Waals surface area contributed by atoms with Crippen LogP contribution in [0.3, 0.4) is 0 Å². The fourth-order valence-electron chi connectivity index (χ4n) is 5.76. The summed E-state index contributed by atoms with van der Waals surface area (Å²) in [4.78, 5) is 40.4. The van der Waals surface area contributed by atoms with Gasteiger partial charge in [0.2, 0.25) is 0 Å². The molecule has 8 nitrogen and oxygen atoms in total. The Labute approximate surface area is 309 Å². The molecule has 0 aromatic heterocycles. The molecule has 0 spiro atoms. The first-order valence-corrected chi connectivity index (χ1v) is 18.0. The van der Waals surface area contributed by atoms with Crippen molar-refractivity contribution in [2.24, 2.45) is 9.98 Å². The fraction of sp³-hybridized carbons (Fsp3) is 0.200. The number of methoxy groups -OCH3 is 2. The van der Waals surface area contributed by atoms with E-state index in [1.165, 1.54) is 0 Å². The molecule has 0 fully saturated rings. The summed E-state index contributed by atoms with van der Waals surface area (Å²) in [7, 11) is 3.25. The Bertz CT molecular complexity index is 1820. The molecule has 0 aliphatic carbocycles. The highest BCUT2D eigenvalue weighted by atomic mass is 79.9. The van der Waals surface area contributed by atoms with E-state index in [2.05, 4.69) is 31.9 Å². The average molecular weight is 797 g/mol. The highest BCUT2D eigenvalue weighted by Crippen LogP contribution is 2.27. The Morgan fingerprint density at radius 1 is 0.540 bits per heavy atom. The predicted molar refractivity (Wildman–Crippen MR) is 205 cm³/mol. The lowest BCUT2D eigenvalue weighted by Crippen LogP contribution is -2.34. The van der Waals surface area contributed by atoms with Crippen LogP contribution in [0.5, 0.6) is 11.5 Å². The summed E-state index contributed by atoms with van der Waals surface area (Å²) in [5.41, 5.74) is 4.31. The van der Waals surface area contributed by atoms with Crippen LogP contribution in [0.15, 0.2) is 127 Å². The number of halogens is 2. The van der Waals surface area contributed by atoms with Gasteiger partial charge in [-0.3, -0.25) is 19.4 Å². The maximum Gasteiger partial charge on any atom is 0.278 e. The quantitative estimate of drug-likeness (QED) is 0.100. The zero-order valence-electron chi connectivity index (χ0n) is 27.8. The maximum absolute atomic E-state index is 13.6. The van der Waals surface area contributed by atoms with Gasteiger partial charge < -0.3 is 9.47 Å². The van der Waals surface area contributed by atoms with Gasteiger partial charge >= 0.3 is 0 Å². The van der Waals surface area contributed by atoms with E-state index in [0.29, 0.717) is 36.2 Å². The summed E-state index contributed by atoms with van der Waals surface area (Å²) in [6.45, 7) is 1.08. The third kappa shape index (κ3) is 8.31. The van der Waals surface area contributed by atoms with E-state index >= 15 is 0 Å². The minimum Gasteiger partial charge on any atom is -0.497 e. The number of amidine groups is 2. The van der Waals surface area contributed by atoms with Crippen LogP contribution in [0.2, 0.25) is 0 Å². The van der Waals surface area contributed by atoms with Gasteiger partial charge in [0.05, 0.1) is 14.2 Å². The second-order valence-corrected chi connectivity index (χ2v) is 13.6. The number of rotatable bonds is 13. The molecular formula is C40H36Br2N4O4. The standard InChI is InChI=1S/C40H36Br2N4O4/c1-49-33-19-7-27(8-20-33)25-35-39(47)45(37(43-35)29-11-15-31(41)16-12-29)23-5-3-4-6-24-46-38(30-13-17-32(42)18-14-30)44-36(40(46)48)26-28-9-21-34(50-2)22-10-28/h7-22,25-26H,3-6,23-24H2,1-2H3. The van der Waals surface area contributed by atoms with Crippen LogP contribution in [0, 0.1) is 0 Å². The number of amides is 2. The molecule has 0 unspecified atom stereocenters. The molecule has 254 valence electrons. The molecule has 0 atom stereocenters. The van der Waals surface area contributed by atoms with Gasteiger partial charge in [-0.15, -0.1) is 0 Å². The number of nitrogens with zero attached hydrogens (tertiary/aromatic N) is 4. The van der Waals surface area contributed by atoms with Crippen LogP contribution in [-0.4, -0.2) is 60.6 Å². The minimum atomic E-state index is -0.118. The van der Waals surface area contributed by atoms with E-state index in [1.807, 2.05) is 109 Å². The van der Waals surface area contributed by atoms with Crippen LogP contribution in [-0.2, 0) is 9.59 Å². The summed E-state index contributed by atoms with van der Waals surface area (Å²) in [6, 6.07) is 30.8. The molecule has 2 aliphatic rings. The Morgan fingerprint density at radius 3 is 1.24 bits per heavy atom. The molecule has 50 heavy (non-hydrogen) atoms. The minimum absolute atomic E-state index is 0.118. The van der Waals surface area contributed by atoms with Gasteiger partial charge in [0.25, 0.3) is 11.8 Å². The van der Waals surface area contributed by atoms with E-state index in [-0.39, 0.29) is 11.8 Å². The lowest BCUT2D eigenvalue weighted by Gasteiger charge is -2.20. The molecule has 2 amide bonds. The van der Waals surface area contributed by atoms with Crippen LogP contribution in [0.4, 0.5) is 0 Å². The molecule has 0 bridgehead atoms. The Kier molecular flexibility index (Phi) is 11.4. The molecule has 2 heterocycles. The van der Waals surface area contributed by atoms with Gasteiger partial charge in [0.1, 0.15) is 34.6 Å². The van der Waals surface area contributed by atoms with Crippen molar-refractivity contribution >= 4 is 67.5 Å². The monoisotopic (exact) mass is 794 g/mol. The molecule has 10 heteroatoms. The molecule has 6 rings (SSSR count). The van der Waals surface area contributed by atoms with Crippen molar-refractivity contribution < 1.29 is 19.1 Å². The number of carbonyl (C=O) groups excluding carboxylic acids is 2. The lowest BCUT2D eigenvalue weighted by molar-refractivity contribution is -0.123. The molecule has 2 aliphatic heterocycles. The molecule has 0 N–H and O–H groups in total. The number of unbranched alkanes of at least 4 members (excludes halogenated alkanes) is 3. The smallest absolute Gasteiger partial charge is 0.278 e. The normalized spacial score (nSPS) is 16.0. The first-order chi connectivity index (χ1) is 24.3. The van der Waals surface area contributed by atoms with Crippen molar-refractivity contribution in [2.75, 3.05) is 27.3 Å². The Hall–Kier alpha value is -4.80. The van der Waals surface area contributed by atoms with Gasteiger partial charge in [0.15, 0.2) is 0 Å². The zero-order chi connectivity index (χ0) is 35.0. The van der Waals surface area contributed by atoms with Crippen molar-refractivity contribution in [3.63, 3.8) is 0 Å². The summed E-state index contributed by atoms with van der Waals surface area (Å²) >= 11 is 7.00. The predicted octanol–water partition coefficient (Wildman–Crippen LogP) is 8.75. The molecule has 0 saturated carbocycles. The van der Waals surface area contributed by atoms with Gasteiger partial charge in [-0.1, -0.05) is 93.2 Å². The van der Waals surface area contributed by atoms with E-state index in [0.717, 1.165) is 68.4 Å². The maximum atomic E-state index is 13.6. The molecule has 0 radical (unpaired) electrons. The zero-order valence-corrected chi connectivity index (χ0v) is 31.0. The van der Waals surface area contributed by atoms with Crippen LogP contribution >= 0.6 is 31.9 Å². The van der Waals surface area contributed by atoms with Crippen LogP contribution < -0.4 is 9.47 Å². The molecule has 4 aromatic carbocycles. The number of carbonyl (C=O) groups is 2.